The molecule has 2 N–H and O–H groups in total. The largest absolute Gasteiger partial charge is 0.495 e. The number of aromatic nitrogens is 1. The standard InChI is InChI=1S/C28H22ClN3O4/c1-16-26-21(18(15-33)14-30-16)13-22(28(36-26)31-19-10-11-25(35-2)23(29)12-19)27(34)32-24-9-5-7-17-6-3-4-8-20(17)24/h3-14,33H,15H2,1-2H3,(H,32,34). The van der Waals surface area contributed by atoms with Crippen LogP contribution in [-0.4, -0.2) is 23.1 Å². The maximum absolute atomic E-state index is 13.6. The maximum atomic E-state index is 13.6. The first-order valence-corrected chi connectivity index (χ1v) is 11.6. The molecule has 7 nitrogen and oxygen atoms in total. The predicted octanol–water partition coefficient (Wildman–Crippen LogP) is 5.93. The lowest BCUT2D eigenvalue weighted by molar-refractivity contribution is 0.102. The second-order valence-corrected chi connectivity index (χ2v) is 8.55. The molecule has 0 spiro atoms. The lowest BCUT2D eigenvalue weighted by Gasteiger charge is -2.11. The number of hydrogen-bond donors (Lipinski definition) is 2. The van der Waals surface area contributed by atoms with Crippen LogP contribution in [0.4, 0.5) is 11.4 Å². The quantitative estimate of drug-likeness (QED) is 0.312. The fourth-order valence-electron chi connectivity index (χ4n) is 4.03. The molecule has 1 amide bonds. The summed E-state index contributed by atoms with van der Waals surface area (Å²) in [4.78, 5) is 22.5. The summed E-state index contributed by atoms with van der Waals surface area (Å²) in [6.07, 6.45) is 1.57. The highest BCUT2D eigenvalue weighted by atomic mass is 35.5. The topological polar surface area (TPSA) is 97.0 Å². The van der Waals surface area contributed by atoms with E-state index >= 15 is 0 Å². The number of pyridine rings is 1. The molecule has 0 saturated heterocycles. The number of hydrogen-bond acceptors (Lipinski definition) is 6. The van der Waals surface area contributed by atoms with Crippen molar-refractivity contribution < 1.29 is 19.1 Å². The van der Waals surface area contributed by atoms with Gasteiger partial charge in [0.25, 0.3) is 5.91 Å². The van der Waals surface area contributed by atoms with Gasteiger partial charge >= 0.3 is 0 Å². The minimum Gasteiger partial charge on any atom is -0.495 e. The van der Waals surface area contributed by atoms with Crippen molar-refractivity contribution in [3.05, 3.63) is 100 Å². The molecule has 0 aliphatic carbocycles. The average Bonchev–Trinajstić information content (AvgIpc) is 2.89. The number of carbonyl (C=O) groups excluding carboxylic acids is 1. The van der Waals surface area contributed by atoms with E-state index in [-0.39, 0.29) is 17.7 Å². The predicted molar refractivity (Wildman–Crippen MR) is 140 cm³/mol. The molecule has 0 aliphatic heterocycles. The summed E-state index contributed by atoms with van der Waals surface area (Å²) < 4.78 is 11.4. The third kappa shape index (κ3) is 4.42. The summed E-state index contributed by atoms with van der Waals surface area (Å²) in [5.74, 6) is 0.0985. The lowest BCUT2D eigenvalue weighted by atomic mass is 10.1. The number of halogens is 1. The van der Waals surface area contributed by atoms with E-state index < -0.39 is 5.91 Å². The molecular formula is C28H22ClN3O4. The van der Waals surface area contributed by atoms with Crippen LogP contribution < -0.4 is 15.6 Å². The molecule has 0 aliphatic rings. The van der Waals surface area contributed by atoms with Gasteiger partial charge in [0.05, 0.1) is 30.1 Å². The van der Waals surface area contributed by atoms with E-state index in [0.29, 0.717) is 44.4 Å². The van der Waals surface area contributed by atoms with Crippen LogP contribution >= 0.6 is 11.6 Å². The third-order valence-corrected chi connectivity index (χ3v) is 6.17. The molecule has 36 heavy (non-hydrogen) atoms. The van der Waals surface area contributed by atoms with E-state index in [1.54, 1.807) is 37.4 Å². The molecule has 8 heteroatoms. The van der Waals surface area contributed by atoms with Gasteiger partial charge in [0, 0.05) is 28.2 Å². The highest BCUT2D eigenvalue weighted by Crippen LogP contribution is 2.29. The SMILES string of the molecule is COc1ccc(N=c2oc3c(C)ncc(CO)c3cc2C(=O)Nc2cccc3ccccc23)cc1Cl. The van der Waals surface area contributed by atoms with Crippen LogP contribution in [0.15, 0.2) is 82.3 Å². The summed E-state index contributed by atoms with van der Waals surface area (Å²) in [5.41, 5.74) is 2.99. The first kappa shape index (κ1) is 23.5. The molecule has 0 radical (unpaired) electrons. The van der Waals surface area contributed by atoms with Gasteiger partial charge < -0.3 is 19.6 Å². The van der Waals surface area contributed by atoms with Crippen molar-refractivity contribution in [1.29, 1.82) is 0 Å². The molecule has 180 valence electrons. The van der Waals surface area contributed by atoms with Gasteiger partial charge in [-0.3, -0.25) is 9.78 Å². The summed E-state index contributed by atoms with van der Waals surface area (Å²) >= 11 is 6.29. The number of aryl methyl sites for hydroxylation is 1. The molecule has 3 aromatic carbocycles. The smallest absolute Gasteiger partial charge is 0.261 e. The molecule has 5 rings (SSSR count). The number of nitrogens with one attached hydrogen (secondary N) is 1. The van der Waals surface area contributed by atoms with Crippen molar-refractivity contribution >= 4 is 50.6 Å². The number of rotatable bonds is 5. The molecule has 0 atom stereocenters. The minimum absolute atomic E-state index is 0.0847. The van der Waals surface area contributed by atoms with Gasteiger partial charge in [-0.15, -0.1) is 0 Å². The van der Waals surface area contributed by atoms with Crippen LogP contribution in [0.2, 0.25) is 5.02 Å². The Hall–Kier alpha value is -4.20. The van der Waals surface area contributed by atoms with E-state index in [0.717, 1.165) is 10.8 Å². The van der Waals surface area contributed by atoms with Crippen LogP contribution in [0.3, 0.4) is 0 Å². The maximum Gasteiger partial charge on any atom is 0.261 e. The van der Waals surface area contributed by atoms with Gasteiger partial charge in [-0.2, -0.15) is 0 Å². The number of carbonyl (C=O) groups is 1. The van der Waals surface area contributed by atoms with Crippen LogP contribution in [0, 0.1) is 6.92 Å². The number of anilines is 1. The van der Waals surface area contributed by atoms with Crippen LogP contribution in [0.1, 0.15) is 21.6 Å². The third-order valence-electron chi connectivity index (χ3n) is 5.87. The number of nitrogens with zero attached hydrogens (tertiary/aromatic N) is 2. The Morgan fingerprint density at radius 3 is 2.69 bits per heavy atom. The first-order chi connectivity index (χ1) is 17.5. The van der Waals surface area contributed by atoms with Crippen molar-refractivity contribution in [3.63, 3.8) is 0 Å². The Labute approximate surface area is 211 Å². The zero-order valence-corrected chi connectivity index (χ0v) is 20.3. The van der Waals surface area contributed by atoms with Gasteiger partial charge in [-0.05, 0) is 42.6 Å². The van der Waals surface area contributed by atoms with Crippen molar-refractivity contribution in [3.8, 4) is 5.75 Å². The monoisotopic (exact) mass is 499 g/mol. The number of aliphatic hydroxyl groups is 1. The number of fused-ring (bicyclic) bond motifs is 2. The second-order valence-electron chi connectivity index (χ2n) is 8.15. The lowest BCUT2D eigenvalue weighted by Crippen LogP contribution is -2.22. The van der Waals surface area contributed by atoms with Crippen molar-refractivity contribution in [2.45, 2.75) is 13.5 Å². The molecule has 5 aromatic rings. The van der Waals surface area contributed by atoms with Gasteiger partial charge in [-0.1, -0.05) is 48.0 Å². The molecule has 2 aromatic heterocycles. The molecule has 0 saturated carbocycles. The average molecular weight is 500 g/mol. The van der Waals surface area contributed by atoms with E-state index in [1.165, 1.54) is 7.11 Å². The minimum atomic E-state index is -0.409. The zero-order chi connectivity index (χ0) is 25.2. The van der Waals surface area contributed by atoms with Gasteiger partial charge in [0.2, 0.25) is 5.55 Å². The highest BCUT2D eigenvalue weighted by Gasteiger charge is 2.17. The zero-order valence-electron chi connectivity index (χ0n) is 19.6. The Morgan fingerprint density at radius 1 is 1.11 bits per heavy atom. The highest BCUT2D eigenvalue weighted by molar-refractivity contribution is 6.32. The van der Waals surface area contributed by atoms with Crippen LogP contribution in [0.25, 0.3) is 21.7 Å². The molecule has 0 unspecified atom stereocenters. The number of benzene rings is 3. The Morgan fingerprint density at radius 2 is 1.92 bits per heavy atom. The summed E-state index contributed by atoms with van der Waals surface area (Å²) in [7, 11) is 1.53. The molecule has 2 heterocycles. The number of ether oxygens (including phenoxy) is 1. The fraction of sp³-hybridized carbons (Fsp3) is 0.107. The van der Waals surface area contributed by atoms with E-state index in [2.05, 4.69) is 15.3 Å². The van der Waals surface area contributed by atoms with Crippen molar-refractivity contribution in [1.82, 2.24) is 4.98 Å². The first-order valence-electron chi connectivity index (χ1n) is 11.2. The normalized spacial score (nSPS) is 11.7. The van der Waals surface area contributed by atoms with E-state index in [4.69, 9.17) is 20.8 Å². The van der Waals surface area contributed by atoms with Gasteiger partial charge in [-0.25, -0.2) is 4.99 Å². The second kappa shape index (κ2) is 9.81. The number of amides is 1. The van der Waals surface area contributed by atoms with E-state index in [9.17, 15) is 9.90 Å². The Bertz CT molecular complexity index is 1690. The molecule has 0 bridgehead atoms. The van der Waals surface area contributed by atoms with Crippen molar-refractivity contribution in [2.75, 3.05) is 12.4 Å². The number of aliphatic hydroxyl groups excluding tert-OH is 1. The van der Waals surface area contributed by atoms with Crippen LogP contribution in [-0.2, 0) is 6.61 Å². The fourth-order valence-corrected chi connectivity index (χ4v) is 4.28. The Kier molecular flexibility index (Phi) is 6.41. The summed E-state index contributed by atoms with van der Waals surface area (Å²) in [6, 6.07) is 20.2. The summed E-state index contributed by atoms with van der Waals surface area (Å²) in [5, 5.41) is 15.7. The number of methoxy groups -OCH3 is 1. The van der Waals surface area contributed by atoms with Crippen molar-refractivity contribution in [2.24, 2.45) is 4.99 Å². The van der Waals surface area contributed by atoms with Gasteiger partial charge in [0.15, 0.2) is 5.58 Å². The molecular weight excluding hydrogens is 478 g/mol. The molecule has 0 fully saturated rings. The summed E-state index contributed by atoms with van der Waals surface area (Å²) in [6.45, 7) is 1.53. The van der Waals surface area contributed by atoms with Gasteiger partial charge in [0.1, 0.15) is 11.3 Å². The van der Waals surface area contributed by atoms with Crippen LogP contribution in [0.5, 0.6) is 5.75 Å². The Balaban J connectivity index is 1.70. The van der Waals surface area contributed by atoms with E-state index in [1.807, 2.05) is 42.5 Å².